The summed E-state index contributed by atoms with van der Waals surface area (Å²) < 4.78 is 45.8. The molecule has 1 aromatic heterocycles. The third kappa shape index (κ3) is 3.45. The number of halogens is 3. The first-order valence-electron chi connectivity index (χ1n) is 7.63. The van der Waals surface area contributed by atoms with E-state index in [9.17, 15) is 28.5 Å². The van der Waals surface area contributed by atoms with Crippen LogP contribution in [-0.2, 0) is 10.9 Å². The van der Waals surface area contributed by atoms with E-state index < -0.39 is 48.1 Å². The average Bonchev–Trinajstić information content (AvgIpc) is 3.07. The molecule has 5 atom stereocenters. The first-order valence-corrected chi connectivity index (χ1v) is 8.14. The number of aliphatic hydroxyl groups excluding tert-OH is 3. The van der Waals surface area contributed by atoms with Crippen LogP contribution in [0.25, 0.3) is 11.3 Å². The third-order valence-corrected chi connectivity index (χ3v) is 4.62. The van der Waals surface area contributed by atoms with Crippen molar-refractivity contribution in [2.45, 2.75) is 36.0 Å². The molecule has 3 N–H and O–H groups in total. The molecule has 11 heteroatoms. The number of hydrogen-bond acceptors (Lipinski definition) is 7. The maximum absolute atomic E-state index is 13.2. The highest BCUT2D eigenvalue weighted by atomic mass is 32.1. The molecule has 0 radical (unpaired) electrons. The van der Waals surface area contributed by atoms with Gasteiger partial charge in [-0.1, -0.05) is 23.4 Å². The van der Waals surface area contributed by atoms with Crippen LogP contribution in [0.15, 0.2) is 30.5 Å². The lowest BCUT2D eigenvalue weighted by atomic mass is 9.97. The summed E-state index contributed by atoms with van der Waals surface area (Å²) in [5.74, 6) is 0. The molecular formula is C15H16F3N3O4S. The lowest BCUT2D eigenvalue weighted by Gasteiger charge is -2.40. The van der Waals surface area contributed by atoms with Crippen molar-refractivity contribution in [1.29, 1.82) is 0 Å². The van der Waals surface area contributed by atoms with E-state index in [1.807, 2.05) is 0 Å². The number of rotatable bonds is 3. The summed E-state index contributed by atoms with van der Waals surface area (Å²) in [7, 11) is 0. The fourth-order valence-electron chi connectivity index (χ4n) is 2.89. The largest absolute Gasteiger partial charge is 0.417 e. The smallest absolute Gasteiger partial charge is 0.394 e. The lowest BCUT2D eigenvalue weighted by Crippen LogP contribution is -2.54. The summed E-state index contributed by atoms with van der Waals surface area (Å²) in [6.45, 7) is -0.528. The van der Waals surface area contributed by atoms with Gasteiger partial charge in [0.25, 0.3) is 0 Å². The number of ether oxygens (including phenoxy) is 1. The van der Waals surface area contributed by atoms with Crippen LogP contribution in [-0.4, -0.2) is 60.7 Å². The van der Waals surface area contributed by atoms with Gasteiger partial charge in [-0.15, -0.1) is 17.7 Å². The molecule has 26 heavy (non-hydrogen) atoms. The fraction of sp³-hybridized carbons (Fsp3) is 0.467. The van der Waals surface area contributed by atoms with Crippen LogP contribution in [0.2, 0.25) is 0 Å². The van der Waals surface area contributed by atoms with Crippen molar-refractivity contribution >= 4 is 12.6 Å². The van der Waals surface area contributed by atoms with Gasteiger partial charge in [0, 0.05) is 5.56 Å². The van der Waals surface area contributed by atoms with Crippen LogP contribution >= 0.6 is 12.6 Å². The van der Waals surface area contributed by atoms with E-state index in [1.165, 1.54) is 24.4 Å². The van der Waals surface area contributed by atoms with Crippen molar-refractivity contribution in [2.24, 2.45) is 0 Å². The topological polar surface area (TPSA) is 101 Å². The van der Waals surface area contributed by atoms with Gasteiger partial charge in [-0.05, 0) is 6.07 Å². The lowest BCUT2D eigenvalue weighted by molar-refractivity contribution is -0.178. The monoisotopic (exact) mass is 391 g/mol. The van der Waals surface area contributed by atoms with Gasteiger partial charge in [0.05, 0.1) is 18.4 Å². The van der Waals surface area contributed by atoms with Gasteiger partial charge < -0.3 is 20.1 Å². The molecule has 2 heterocycles. The van der Waals surface area contributed by atoms with Gasteiger partial charge in [-0.25, -0.2) is 4.68 Å². The van der Waals surface area contributed by atoms with Crippen LogP contribution in [0.3, 0.4) is 0 Å². The zero-order valence-corrected chi connectivity index (χ0v) is 14.0. The molecule has 3 rings (SSSR count). The van der Waals surface area contributed by atoms with Crippen LogP contribution in [0.4, 0.5) is 13.2 Å². The summed E-state index contributed by atoms with van der Waals surface area (Å²) in [5, 5.41) is 37.3. The molecule has 7 nitrogen and oxygen atoms in total. The number of benzene rings is 1. The molecule has 0 amide bonds. The van der Waals surface area contributed by atoms with E-state index in [1.54, 1.807) is 0 Å². The third-order valence-electron chi connectivity index (χ3n) is 4.19. The zero-order valence-electron chi connectivity index (χ0n) is 13.2. The Hall–Kier alpha value is -1.66. The second kappa shape index (κ2) is 7.16. The number of aromatic nitrogens is 3. The Kier molecular flexibility index (Phi) is 5.26. The van der Waals surface area contributed by atoms with E-state index in [4.69, 9.17) is 4.74 Å². The van der Waals surface area contributed by atoms with Crippen molar-refractivity contribution in [2.75, 3.05) is 6.61 Å². The highest BCUT2D eigenvalue weighted by Gasteiger charge is 2.45. The number of nitrogens with zero attached hydrogens (tertiary/aromatic N) is 3. The summed E-state index contributed by atoms with van der Waals surface area (Å²) >= 11 is 4.05. The van der Waals surface area contributed by atoms with Crippen molar-refractivity contribution in [1.82, 2.24) is 15.0 Å². The standard InChI is InChI=1S/C15H16F3N3O4S/c16-15(17,18)8-4-2-1-3-7(8)9-5-21(20-19-9)11-12(23)10(6-22)25-14(26)13(11)24/h1-5,10-14,22-24,26H,6H2/t10?,11?,12-,13-,14-/m0/s1. The number of thiol groups is 1. The van der Waals surface area contributed by atoms with Crippen molar-refractivity contribution in [3.05, 3.63) is 36.0 Å². The van der Waals surface area contributed by atoms with E-state index in [2.05, 4.69) is 22.9 Å². The SMILES string of the molecule is OCC1O[C@@H](S)[C@@H](O)C(n2cc(-c3ccccc3C(F)(F)F)nn2)[C@H]1O. The number of alkyl halides is 3. The maximum Gasteiger partial charge on any atom is 0.417 e. The Morgan fingerprint density at radius 2 is 1.88 bits per heavy atom. The first-order chi connectivity index (χ1) is 12.2. The van der Waals surface area contributed by atoms with Gasteiger partial charge in [-0.3, -0.25) is 0 Å². The maximum atomic E-state index is 13.2. The fourth-order valence-corrected chi connectivity index (χ4v) is 3.23. The predicted octanol–water partition coefficient (Wildman–Crippen LogP) is 0.874. The Balaban J connectivity index is 1.98. The molecule has 1 aromatic carbocycles. The van der Waals surface area contributed by atoms with Gasteiger partial charge in [0.15, 0.2) is 0 Å². The van der Waals surface area contributed by atoms with Crippen molar-refractivity contribution in [3.63, 3.8) is 0 Å². The molecule has 1 aliphatic heterocycles. The Morgan fingerprint density at radius 3 is 2.54 bits per heavy atom. The van der Waals surface area contributed by atoms with E-state index >= 15 is 0 Å². The molecule has 1 saturated heterocycles. The second-order valence-corrected chi connectivity index (χ2v) is 6.36. The molecule has 0 spiro atoms. The van der Waals surface area contributed by atoms with Crippen LogP contribution in [0, 0.1) is 0 Å². The molecule has 0 aliphatic carbocycles. The molecule has 2 aromatic rings. The molecule has 0 saturated carbocycles. The highest BCUT2D eigenvalue weighted by Crippen LogP contribution is 2.37. The molecular weight excluding hydrogens is 375 g/mol. The van der Waals surface area contributed by atoms with Gasteiger partial charge in [0.1, 0.15) is 35.5 Å². The minimum atomic E-state index is -4.57. The Bertz CT molecular complexity index is 773. The van der Waals surface area contributed by atoms with Crippen molar-refractivity contribution < 1.29 is 33.2 Å². The van der Waals surface area contributed by atoms with E-state index in [-0.39, 0.29) is 11.3 Å². The Morgan fingerprint density at radius 1 is 1.19 bits per heavy atom. The molecule has 2 unspecified atom stereocenters. The number of aliphatic hydroxyl groups is 3. The summed E-state index contributed by atoms with van der Waals surface area (Å²) in [5.41, 5.74) is -2.14. The quantitative estimate of drug-likeness (QED) is 0.580. The van der Waals surface area contributed by atoms with Gasteiger partial charge in [-0.2, -0.15) is 13.2 Å². The Labute approximate surface area is 151 Å². The normalized spacial score (nSPS) is 29.7. The molecule has 142 valence electrons. The van der Waals surface area contributed by atoms with Crippen LogP contribution in [0.5, 0.6) is 0 Å². The van der Waals surface area contributed by atoms with Crippen LogP contribution < -0.4 is 0 Å². The predicted molar refractivity (Wildman–Crippen MR) is 86.2 cm³/mol. The minimum absolute atomic E-state index is 0.0694. The zero-order chi connectivity index (χ0) is 19.1. The van der Waals surface area contributed by atoms with Crippen molar-refractivity contribution in [3.8, 4) is 11.3 Å². The molecule has 1 aliphatic rings. The highest BCUT2D eigenvalue weighted by molar-refractivity contribution is 7.80. The average molecular weight is 391 g/mol. The minimum Gasteiger partial charge on any atom is -0.394 e. The van der Waals surface area contributed by atoms with Gasteiger partial charge >= 0.3 is 6.18 Å². The van der Waals surface area contributed by atoms with E-state index in [0.717, 1.165) is 10.7 Å². The van der Waals surface area contributed by atoms with Crippen LogP contribution in [0.1, 0.15) is 11.6 Å². The van der Waals surface area contributed by atoms with E-state index in [0.29, 0.717) is 0 Å². The number of hydrogen-bond donors (Lipinski definition) is 4. The second-order valence-electron chi connectivity index (χ2n) is 5.85. The summed E-state index contributed by atoms with van der Waals surface area (Å²) in [6, 6.07) is 3.79. The molecule has 1 fully saturated rings. The van der Waals surface area contributed by atoms with Gasteiger partial charge in [0.2, 0.25) is 0 Å². The summed E-state index contributed by atoms with van der Waals surface area (Å²) in [4.78, 5) is 0. The first kappa shape index (κ1) is 19.1. The summed E-state index contributed by atoms with van der Waals surface area (Å²) in [6.07, 6.45) is -7.08. The molecule has 0 bridgehead atoms.